The molecule has 1 aliphatic heterocycles. The van der Waals surface area contributed by atoms with E-state index in [0.717, 1.165) is 13.1 Å². The third kappa shape index (κ3) is 6.14. The van der Waals surface area contributed by atoms with Crippen LogP contribution in [-0.4, -0.2) is 56.1 Å². The van der Waals surface area contributed by atoms with Gasteiger partial charge in [0.15, 0.2) is 0 Å². The minimum Gasteiger partial charge on any atom is -0.375 e. The molecule has 0 spiro atoms. The van der Waals surface area contributed by atoms with Gasteiger partial charge in [-0.05, 0) is 6.92 Å². The SMILES string of the molecule is C[C@@H]1CNCCN1C(=O)CCOCC(F)F.Cl. The van der Waals surface area contributed by atoms with E-state index in [9.17, 15) is 13.6 Å². The maximum absolute atomic E-state index is 11.7. The summed E-state index contributed by atoms with van der Waals surface area (Å²) in [6.45, 7) is 3.68. The molecule has 1 N–H and O–H groups in total. The van der Waals surface area contributed by atoms with Gasteiger partial charge < -0.3 is 15.0 Å². The van der Waals surface area contributed by atoms with Crippen LogP contribution < -0.4 is 5.32 Å². The van der Waals surface area contributed by atoms with Crippen LogP contribution in [0.25, 0.3) is 0 Å². The van der Waals surface area contributed by atoms with E-state index in [1.165, 1.54) is 0 Å². The first kappa shape index (κ1) is 16.5. The van der Waals surface area contributed by atoms with Gasteiger partial charge in [-0.25, -0.2) is 8.78 Å². The van der Waals surface area contributed by atoms with Gasteiger partial charge >= 0.3 is 0 Å². The molecular weight excluding hydrogens is 254 g/mol. The van der Waals surface area contributed by atoms with Gasteiger partial charge in [-0.1, -0.05) is 0 Å². The number of alkyl halides is 2. The first-order valence-corrected chi connectivity index (χ1v) is 5.47. The van der Waals surface area contributed by atoms with Crippen molar-refractivity contribution in [2.45, 2.75) is 25.8 Å². The Balaban J connectivity index is 0.00000256. The highest BCUT2D eigenvalue weighted by Crippen LogP contribution is 2.05. The Morgan fingerprint density at radius 1 is 1.59 bits per heavy atom. The zero-order chi connectivity index (χ0) is 12.0. The summed E-state index contributed by atoms with van der Waals surface area (Å²) in [7, 11) is 0. The lowest BCUT2D eigenvalue weighted by Crippen LogP contribution is -2.52. The lowest BCUT2D eigenvalue weighted by molar-refractivity contribution is -0.135. The van der Waals surface area contributed by atoms with Crippen LogP contribution in [0, 0.1) is 0 Å². The Labute approximate surface area is 106 Å². The lowest BCUT2D eigenvalue weighted by Gasteiger charge is -2.34. The van der Waals surface area contributed by atoms with Crippen LogP contribution in [-0.2, 0) is 9.53 Å². The molecule has 1 saturated heterocycles. The van der Waals surface area contributed by atoms with Crippen molar-refractivity contribution in [2.75, 3.05) is 32.8 Å². The number of carbonyl (C=O) groups excluding carboxylic acids is 1. The van der Waals surface area contributed by atoms with Crippen molar-refractivity contribution < 1.29 is 18.3 Å². The molecule has 1 aliphatic rings. The minimum absolute atomic E-state index is 0. The van der Waals surface area contributed by atoms with Crippen molar-refractivity contribution in [3.63, 3.8) is 0 Å². The van der Waals surface area contributed by atoms with E-state index >= 15 is 0 Å². The molecule has 0 bridgehead atoms. The average Bonchev–Trinajstić information content (AvgIpc) is 2.24. The second-order valence-electron chi connectivity index (χ2n) is 3.86. The third-order valence-corrected chi connectivity index (χ3v) is 2.53. The maximum atomic E-state index is 11.7. The quantitative estimate of drug-likeness (QED) is 0.756. The van der Waals surface area contributed by atoms with Gasteiger partial charge in [0.1, 0.15) is 6.61 Å². The number of amides is 1. The third-order valence-electron chi connectivity index (χ3n) is 2.53. The number of nitrogens with zero attached hydrogens (tertiary/aromatic N) is 1. The molecule has 0 aromatic carbocycles. The number of nitrogens with one attached hydrogen (secondary N) is 1. The molecule has 1 rings (SSSR count). The maximum Gasteiger partial charge on any atom is 0.261 e. The number of hydrogen-bond acceptors (Lipinski definition) is 3. The van der Waals surface area contributed by atoms with E-state index < -0.39 is 13.0 Å². The highest BCUT2D eigenvalue weighted by Gasteiger charge is 2.22. The number of rotatable bonds is 5. The molecule has 4 nitrogen and oxygen atoms in total. The first-order chi connectivity index (χ1) is 7.61. The van der Waals surface area contributed by atoms with Crippen LogP contribution in [0.4, 0.5) is 8.78 Å². The van der Waals surface area contributed by atoms with Gasteiger partial charge in [-0.3, -0.25) is 4.79 Å². The van der Waals surface area contributed by atoms with Gasteiger partial charge in [-0.15, -0.1) is 12.4 Å². The molecule has 102 valence electrons. The molecule has 1 fully saturated rings. The molecule has 0 radical (unpaired) electrons. The summed E-state index contributed by atoms with van der Waals surface area (Å²) in [6.07, 6.45) is -2.29. The van der Waals surface area contributed by atoms with E-state index in [1.807, 2.05) is 6.92 Å². The van der Waals surface area contributed by atoms with E-state index in [2.05, 4.69) is 10.1 Å². The molecule has 0 saturated carbocycles. The summed E-state index contributed by atoms with van der Waals surface area (Å²) in [5.41, 5.74) is 0. The van der Waals surface area contributed by atoms with Gasteiger partial charge in [0.2, 0.25) is 5.91 Å². The lowest BCUT2D eigenvalue weighted by atomic mass is 10.2. The molecule has 7 heteroatoms. The van der Waals surface area contributed by atoms with Crippen LogP contribution in [0.3, 0.4) is 0 Å². The Morgan fingerprint density at radius 2 is 2.29 bits per heavy atom. The summed E-state index contributed by atoms with van der Waals surface area (Å²) in [5, 5.41) is 3.18. The Bertz CT molecular complexity index is 232. The van der Waals surface area contributed by atoms with Crippen molar-refractivity contribution in [1.29, 1.82) is 0 Å². The molecular formula is C10H19ClF2N2O2. The number of carbonyl (C=O) groups is 1. The summed E-state index contributed by atoms with van der Waals surface area (Å²) < 4.78 is 28.2. The fourth-order valence-electron chi connectivity index (χ4n) is 1.69. The normalized spacial score (nSPS) is 20.2. The first-order valence-electron chi connectivity index (χ1n) is 5.47. The van der Waals surface area contributed by atoms with Gasteiger partial charge in [-0.2, -0.15) is 0 Å². The molecule has 0 unspecified atom stereocenters. The van der Waals surface area contributed by atoms with Crippen LogP contribution in [0.2, 0.25) is 0 Å². The van der Waals surface area contributed by atoms with Gasteiger partial charge in [0, 0.05) is 25.7 Å². The second-order valence-corrected chi connectivity index (χ2v) is 3.86. The van der Waals surface area contributed by atoms with Crippen LogP contribution in [0.15, 0.2) is 0 Å². The average molecular weight is 273 g/mol. The Hall–Kier alpha value is -0.460. The van der Waals surface area contributed by atoms with Gasteiger partial charge in [0.25, 0.3) is 6.43 Å². The minimum atomic E-state index is -2.46. The molecule has 17 heavy (non-hydrogen) atoms. The molecule has 1 heterocycles. The van der Waals surface area contributed by atoms with E-state index in [-0.39, 0.29) is 37.4 Å². The fraction of sp³-hybridized carbons (Fsp3) is 0.900. The molecule has 0 aromatic heterocycles. The zero-order valence-corrected chi connectivity index (χ0v) is 10.6. The summed E-state index contributed by atoms with van der Waals surface area (Å²) in [5.74, 6) is -0.0248. The predicted octanol–water partition coefficient (Wildman–Crippen LogP) is 0.900. The number of hydrogen-bond donors (Lipinski definition) is 1. The Kier molecular flexibility index (Phi) is 8.37. The van der Waals surface area contributed by atoms with Crippen LogP contribution in [0.5, 0.6) is 0 Å². The topological polar surface area (TPSA) is 41.6 Å². The van der Waals surface area contributed by atoms with Crippen LogP contribution in [0.1, 0.15) is 13.3 Å². The molecule has 1 atom stereocenters. The largest absolute Gasteiger partial charge is 0.375 e. The molecule has 1 amide bonds. The number of piperazine rings is 1. The molecule has 0 aliphatic carbocycles. The summed E-state index contributed by atoms with van der Waals surface area (Å²) in [6, 6.07) is 0.163. The standard InChI is InChI=1S/C10H18F2N2O2.ClH/c1-8-6-13-3-4-14(8)10(15)2-5-16-7-9(11)12;/h8-9,13H,2-7H2,1H3;1H/t8-;/m1./s1. The summed E-state index contributed by atoms with van der Waals surface area (Å²) >= 11 is 0. The number of halogens is 3. The van der Waals surface area contributed by atoms with Crippen molar-refractivity contribution in [3.8, 4) is 0 Å². The van der Waals surface area contributed by atoms with E-state index in [1.54, 1.807) is 4.90 Å². The van der Waals surface area contributed by atoms with Crippen molar-refractivity contribution in [2.24, 2.45) is 0 Å². The molecule has 0 aromatic rings. The van der Waals surface area contributed by atoms with E-state index in [4.69, 9.17) is 0 Å². The van der Waals surface area contributed by atoms with Crippen molar-refractivity contribution in [3.05, 3.63) is 0 Å². The van der Waals surface area contributed by atoms with Crippen LogP contribution >= 0.6 is 12.4 Å². The second kappa shape index (κ2) is 8.60. The van der Waals surface area contributed by atoms with Crippen molar-refractivity contribution in [1.82, 2.24) is 10.2 Å². The monoisotopic (exact) mass is 272 g/mol. The highest BCUT2D eigenvalue weighted by molar-refractivity contribution is 5.85. The fourth-order valence-corrected chi connectivity index (χ4v) is 1.69. The highest BCUT2D eigenvalue weighted by atomic mass is 35.5. The van der Waals surface area contributed by atoms with Gasteiger partial charge in [0.05, 0.1) is 13.0 Å². The predicted molar refractivity (Wildman–Crippen MR) is 62.7 cm³/mol. The van der Waals surface area contributed by atoms with Crippen molar-refractivity contribution >= 4 is 18.3 Å². The summed E-state index contributed by atoms with van der Waals surface area (Å²) in [4.78, 5) is 13.4. The number of ether oxygens (including phenoxy) is 1. The van der Waals surface area contributed by atoms with E-state index in [0.29, 0.717) is 6.54 Å². The smallest absolute Gasteiger partial charge is 0.261 e. The zero-order valence-electron chi connectivity index (χ0n) is 9.83. The Morgan fingerprint density at radius 3 is 2.88 bits per heavy atom.